The van der Waals surface area contributed by atoms with E-state index in [2.05, 4.69) is 15.9 Å². The minimum atomic E-state index is -0.787. The van der Waals surface area contributed by atoms with Crippen molar-refractivity contribution < 1.29 is 9.90 Å². The Balaban J connectivity index is 2.58. The number of hydrogen-bond donors (Lipinski definition) is 1. The number of carbonyl (C=O) groups is 1. The summed E-state index contributed by atoms with van der Waals surface area (Å²) in [6, 6.07) is 5.84. The second-order valence-electron chi connectivity index (χ2n) is 2.95. The average molecular weight is 271 g/mol. The minimum Gasteiger partial charge on any atom is -0.481 e. The SMILES string of the molecule is O=C(O)Cc1csc2c(Br)cccc12. The Labute approximate surface area is 93.3 Å². The zero-order valence-corrected chi connectivity index (χ0v) is 9.56. The predicted molar refractivity (Wildman–Crippen MR) is 60.9 cm³/mol. The number of aliphatic carboxylic acids is 1. The quantitative estimate of drug-likeness (QED) is 0.910. The summed E-state index contributed by atoms with van der Waals surface area (Å²) in [4.78, 5) is 10.6. The predicted octanol–water partition coefficient (Wildman–Crippen LogP) is 3.29. The molecule has 1 N–H and O–H groups in total. The molecule has 4 heteroatoms. The Kier molecular flexibility index (Phi) is 2.56. The molecule has 0 unspecified atom stereocenters. The third-order valence-corrected chi connectivity index (χ3v) is 3.97. The van der Waals surface area contributed by atoms with Crippen LogP contribution in [-0.2, 0) is 11.2 Å². The lowest BCUT2D eigenvalue weighted by molar-refractivity contribution is -0.136. The molecule has 1 heterocycles. The molecule has 2 aromatic rings. The molecule has 0 bridgehead atoms. The van der Waals surface area contributed by atoms with Crippen LogP contribution in [0.4, 0.5) is 0 Å². The van der Waals surface area contributed by atoms with Gasteiger partial charge in [-0.05, 0) is 38.3 Å². The van der Waals surface area contributed by atoms with Crippen molar-refractivity contribution in [2.75, 3.05) is 0 Å². The molecule has 14 heavy (non-hydrogen) atoms. The van der Waals surface area contributed by atoms with Crippen LogP contribution in [0.25, 0.3) is 10.1 Å². The molecule has 0 atom stereocenters. The van der Waals surface area contributed by atoms with Gasteiger partial charge in [-0.25, -0.2) is 0 Å². The van der Waals surface area contributed by atoms with Crippen molar-refractivity contribution in [3.8, 4) is 0 Å². The number of fused-ring (bicyclic) bond motifs is 1. The van der Waals surface area contributed by atoms with Crippen LogP contribution in [0.2, 0.25) is 0 Å². The Morgan fingerprint density at radius 3 is 3.00 bits per heavy atom. The highest BCUT2D eigenvalue weighted by atomic mass is 79.9. The second kappa shape index (κ2) is 3.71. The molecule has 0 aliphatic rings. The van der Waals surface area contributed by atoms with Crippen LogP contribution in [-0.4, -0.2) is 11.1 Å². The van der Waals surface area contributed by atoms with Crippen molar-refractivity contribution >= 4 is 43.3 Å². The molecule has 0 spiro atoms. The molecule has 0 radical (unpaired) electrons. The zero-order valence-electron chi connectivity index (χ0n) is 7.16. The maximum absolute atomic E-state index is 10.6. The van der Waals surface area contributed by atoms with E-state index >= 15 is 0 Å². The lowest BCUT2D eigenvalue weighted by Crippen LogP contribution is -1.98. The highest BCUT2D eigenvalue weighted by Gasteiger charge is 2.08. The van der Waals surface area contributed by atoms with Gasteiger partial charge in [0.1, 0.15) is 0 Å². The normalized spacial score (nSPS) is 10.6. The summed E-state index contributed by atoms with van der Waals surface area (Å²) in [6.07, 6.45) is 0.0937. The number of carboxylic acids is 1. The maximum Gasteiger partial charge on any atom is 0.307 e. The Morgan fingerprint density at radius 2 is 2.29 bits per heavy atom. The summed E-state index contributed by atoms with van der Waals surface area (Å²) in [6.45, 7) is 0. The Bertz CT molecular complexity index is 490. The molecule has 0 amide bonds. The van der Waals surface area contributed by atoms with Gasteiger partial charge in [-0.2, -0.15) is 0 Å². The Morgan fingerprint density at radius 1 is 1.50 bits per heavy atom. The van der Waals surface area contributed by atoms with Crippen LogP contribution in [0.3, 0.4) is 0 Å². The summed E-state index contributed by atoms with van der Waals surface area (Å²) in [5.74, 6) is -0.787. The van der Waals surface area contributed by atoms with Gasteiger partial charge in [0, 0.05) is 9.17 Å². The number of carboxylic acid groups (broad SMARTS) is 1. The summed E-state index contributed by atoms with van der Waals surface area (Å²) in [5.41, 5.74) is 0.888. The van der Waals surface area contributed by atoms with Gasteiger partial charge in [0.15, 0.2) is 0 Å². The van der Waals surface area contributed by atoms with E-state index in [1.807, 2.05) is 23.6 Å². The standard InChI is InChI=1S/C10H7BrO2S/c11-8-3-1-2-7-6(4-9(12)13)5-14-10(7)8/h1-3,5H,4H2,(H,12,13). The van der Waals surface area contributed by atoms with Gasteiger partial charge in [-0.3, -0.25) is 4.79 Å². The van der Waals surface area contributed by atoms with Crippen LogP contribution >= 0.6 is 27.3 Å². The highest BCUT2D eigenvalue weighted by Crippen LogP contribution is 2.32. The summed E-state index contributed by atoms with van der Waals surface area (Å²) >= 11 is 5.01. The molecule has 2 rings (SSSR count). The molecule has 0 saturated carbocycles. The van der Waals surface area contributed by atoms with Gasteiger partial charge < -0.3 is 5.11 Å². The van der Waals surface area contributed by atoms with Crippen molar-refractivity contribution in [2.24, 2.45) is 0 Å². The van der Waals surface area contributed by atoms with E-state index in [0.717, 1.165) is 20.1 Å². The maximum atomic E-state index is 10.6. The lowest BCUT2D eigenvalue weighted by Gasteiger charge is -1.95. The first kappa shape index (κ1) is 9.68. The lowest BCUT2D eigenvalue weighted by atomic mass is 10.1. The first-order valence-corrected chi connectivity index (χ1v) is 5.72. The van der Waals surface area contributed by atoms with Gasteiger partial charge in [0.25, 0.3) is 0 Å². The fourth-order valence-electron chi connectivity index (χ4n) is 1.37. The summed E-state index contributed by atoms with van der Waals surface area (Å²) < 4.78 is 2.14. The number of benzene rings is 1. The highest BCUT2D eigenvalue weighted by molar-refractivity contribution is 9.10. The van der Waals surface area contributed by atoms with E-state index in [1.165, 1.54) is 0 Å². The molecule has 0 aliphatic carbocycles. The number of rotatable bonds is 2. The van der Waals surface area contributed by atoms with E-state index in [9.17, 15) is 4.79 Å². The minimum absolute atomic E-state index is 0.0937. The van der Waals surface area contributed by atoms with E-state index in [-0.39, 0.29) is 6.42 Å². The fraction of sp³-hybridized carbons (Fsp3) is 0.100. The van der Waals surface area contributed by atoms with Crippen LogP contribution in [0, 0.1) is 0 Å². The zero-order chi connectivity index (χ0) is 10.1. The Hall–Kier alpha value is -0.870. The van der Waals surface area contributed by atoms with Crippen LogP contribution in [0.5, 0.6) is 0 Å². The summed E-state index contributed by atoms with van der Waals surface area (Å²) in [7, 11) is 0. The number of thiophene rings is 1. The molecular formula is C10H7BrO2S. The van der Waals surface area contributed by atoms with Crippen molar-refractivity contribution in [3.05, 3.63) is 33.6 Å². The van der Waals surface area contributed by atoms with Crippen LogP contribution < -0.4 is 0 Å². The molecule has 0 fully saturated rings. The van der Waals surface area contributed by atoms with E-state index < -0.39 is 5.97 Å². The van der Waals surface area contributed by atoms with Crippen LogP contribution in [0.1, 0.15) is 5.56 Å². The molecule has 2 nitrogen and oxygen atoms in total. The first-order chi connectivity index (χ1) is 6.68. The van der Waals surface area contributed by atoms with E-state index in [0.29, 0.717) is 0 Å². The molecule has 0 aliphatic heterocycles. The molecule has 1 aromatic carbocycles. The molecule has 1 aromatic heterocycles. The van der Waals surface area contributed by atoms with Gasteiger partial charge in [0.2, 0.25) is 0 Å². The van der Waals surface area contributed by atoms with Gasteiger partial charge in [-0.15, -0.1) is 11.3 Å². The molecule has 0 saturated heterocycles. The third-order valence-electron chi connectivity index (χ3n) is 1.97. The van der Waals surface area contributed by atoms with Gasteiger partial charge in [0.05, 0.1) is 6.42 Å². The topological polar surface area (TPSA) is 37.3 Å². The molecule has 72 valence electrons. The van der Waals surface area contributed by atoms with E-state index in [1.54, 1.807) is 11.3 Å². The average Bonchev–Trinajstić information content (AvgIpc) is 2.49. The van der Waals surface area contributed by atoms with Crippen LogP contribution in [0.15, 0.2) is 28.1 Å². The van der Waals surface area contributed by atoms with E-state index in [4.69, 9.17) is 5.11 Å². The van der Waals surface area contributed by atoms with Crippen molar-refractivity contribution in [1.29, 1.82) is 0 Å². The van der Waals surface area contributed by atoms with Crippen molar-refractivity contribution in [3.63, 3.8) is 0 Å². The number of hydrogen-bond acceptors (Lipinski definition) is 2. The van der Waals surface area contributed by atoms with Crippen molar-refractivity contribution in [1.82, 2.24) is 0 Å². The largest absolute Gasteiger partial charge is 0.481 e. The first-order valence-electron chi connectivity index (χ1n) is 4.05. The number of halogens is 1. The monoisotopic (exact) mass is 270 g/mol. The summed E-state index contributed by atoms with van der Waals surface area (Å²) in [5, 5.41) is 11.6. The molecular weight excluding hydrogens is 264 g/mol. The fourth-order valence-corrected chi connectivity index (χ4v) is 3.00. The van der Waals surface area contributed by atoms with Gasteiger partial charge >= 0.3 is 5.97 Å². The van der Waals surface area contributed by atoms with Gasteiger partial charge in [-0.1, -0.05) is 12.1 Å². The second-order valence-corrected chi connectivity index (χ2v) is 4.68. The van der Waals surface area contributed by atoms with Crippen molar-refractivity contribution in [2.45, 2.75) is 6.42 Å². The smallest absolute Gasteiger partial charge is 0.307 e. The third kappa shape index (κ3) is 1.67.